The molecule has 3 aromatic rings. The molecule has 1 saturated heterocycles. The van der Waals surface area contributed by atoms with E-state index in [1.54, 1.807) is 0 Å². The number of hydrogen-bond donors (Lipinski definition) is 1. The minimum absolute atomic E-state index is 0.0263. The van der Waals surface area contributed by atoms with Crippen LogP contribution in [-0.4, -0.2) is 13.2 Å². The minimum Gasteiger partial charge on any atom is -0.369 e. The van der Waals surface area contributed by atoms with Crippen LogP contribution in [0.3, 0.4) is 0 Å². The summed E-state index contributed by atoms with van der Waals surface area (Å²) in [7, 11) is 0. The van der Waals surface area contributed by atoms with Gasteiger partial charge in [0.05, 0.1) is 0 Å². The predicted octanol–water partition coefficient (Wildman–Crippen LogP) is 5.46. The summed E-state index contributed by atoms with van der Waals surface area (Å²) in [6.45, 7) is 1.80. The van der Waals surface area contributed by atoms with E-state index in [1.165, 1.54) is 29.5 Å². The van der Waals surface area contributed by atoms with Crippen LogP contribution in [0.15, 0.2) is 91.0 Å². The first-order valence-corrected chi connectivity index (χ1v) is 9.89. The van der Waals surface area contributed by atoms with Crippen LogP contribution in [-0.2, 0) is 10.3 Å². The number of hydrogen-bond acceptors (Lipinski definition) is 2. The zero-order valence-corrected chi connectivity index (χ0v) is 15.7. The Morgan fingerprint density at radius 2 is 1.33 bits per heavy atom. The molecule has 1 fully saturated rings. The quantitative estimate of drug-likeness (QED) is 0.606. The van der Waals surface area contributed by atoms with E-state index in [1.807, 2.05) is 0 Å². The third-order valence-electron chi connectivity index (χ3n) is 5.59. The Bertz CT molecular complexity index is 771. The molecule has 1 aliphatic heterocycles. The highest BCUT2D eigenvalue weighted by molar-refractivity contribution is 5.30. The lowest BCUT2D eigenvalue weighted by Gasteiger charge is -2.31. The van der Waals surface area contributed by atoms with Gasteiger partial charge in [0.25, 0.3) is 0 Å². The van der Waals surface area contributed by atoms with Gasteiger partial charge in [-0.15, -0.1) is 0 Å². The lowest BCUT2D eigenvalue weighted by Crippen LogP contribution is -2.38. The molecule has 1 N–H and O–H groups in total. The fraction of sp³-hybridized carbons (Fsp3) is 0.280. The van der Waals surface area contributed by atoms with Gasteiger partial charge in [0.15, 0.2) is 0 Å². The van der Waals surface area contributed by atoms with Crippen molar-refractivity contribution in [1.29, 1.82) is 0 Å². The normalized spacial score (nSPS) is 19.4. The third-order valence-corrected chi connectivity index (χ3v) is 5.59. The van der Waals surface area contributed by atoms with Gasteiger partial charge < -0.3 is 10.1 Å². The fourth-order valence-electron chi connectivity index (χ4n) is 4.16. The number of nitrogens with one attached hydrogen (secondary N) is 1. The van der Waals surface area contributed by atoms with Gasteiger partial charge in [-0.25, -0.2) is 0 Å². The minimum atomic E-state index is -0.0263. The number of benzene rings is 3. The zero-order chi connectivity index (χ0) is 18.4. The van der Waals surface area contributed by atoms with Crippen molar-refractivity contribution in [1.82, 2.24) is 5.32 Å². The van der Waals surface area contributed by atoms with Crippen LogP contribution in [0.4, 0.5) is 0 Å². The monoisotopic (exact) mass is 357 g/mol. The van der Waals surface area contributed by atoms with E-state index >= 15 is 0 Å². The fourth-order valence-corrected chi connectivity index (χ4v) is 4.16. The maximum Gasteiger partial charge on any atom is 0.108 e. The Kier molecular flexibility index (Phi) is 5.66. The molecule has 0 saturated carbocycles. The van der Waals surface area contributed by atoms with Crippen LogP contribution in [0.1, 0.15) is 42.1 Å². The van der Waals surface area contributed by atoms with Gasteiger partial charge in [-0.1, -0.05) is 91.0 Å². The van der Waals surface area contributed by atoms with Crippen LogP contribution < -0.4 is 5.32 Å². The molecule has 1 unspecified atom stereocenters. The Balaban J connectivity index is 1.51. The van der Waals surface area contributed by atoms with Gasteiger partial charge in [0.1, 0.15) is 6.10 Å². The summed E-state index contributed by atoms with van der Waals surface area (Å²) in [6, 6.07) is 31.9. The Labute approximate surface area is 162 Å². The SMILES string of the molecule is c1ccc(C(OCCC2(c3ccccc3)CCCN2)c2ccccc2)cc1. The lowest BCUT2D eigenvalue weighted by molar-refractivity contribution is 0.0623. The van der Waals surface area contributed by atoms with E-state index in [4.69, 9.17) is 4.74 Å². The molecule has 0 bridgehead atoms. The molecular weight excluding hydrogens is 330 g/mol. The summed E-state index contributed by atoms with van der Waals surface area (Å²) >= 11 is 0. The van der Waals surface area contributed by atoms with Crippen molar-refractivity contribution in [2.24, 2.45) is 0 Å². The molecule has 1 heterocycles. The van der Waals surface area contributed by atoms with Crippen molar-refractivity contribution in [2.75, 3.05) is 13.2 Å². The van der Waals surface area contributed by atoms with Crippen molar-refractivity contribution in [3.05, 3.63) is 108 Å². The lowest BCUT2D eigenvalue weighted by atomic mass is 9.85. The van der Waals surface area contributed by atoms with Gasteiger partial charge >= 0.3 is 0 Å². The highest BCUT2D eigenvalue weighted by Crippen LogP contribution is 2.35. The Hall–Kier alpha value is -2.42. The number of rotatable bonds is 7. The summed E-state index contributed by atoms with van der Waals surface area (Å²) in [5.41, 5.74) is 3.83. The largest absolute Gasteiger partial charge is 0.369 e. The molecule has 0 aliphatic carbocycles. The van der Waals surface area contributed by atoms with E-state index in [9.17, 15) is 0 Å². The van der Waals surface area contributed by atoms with Crippen LogP contribution in [0.2, 0.25) is 0 Å². The van der Waals surface area contributed by atoms with Gasteiger partial charge in [0, 0.05) is 12.1 Å². The zero-order valence-electron chi connectivity index (χ0n) is 15.7. The maximum absolute atomic E-state index is 6.48. The van der Waals surface area contributed by atoms with Crippen molar-refractivity contribution in [2.45, 2.75) is 30.9 Å². The van der Waals surface area contributed by atoms with Crippen LogP contribution in [0.25, 0.3) is 0 Å². The second-order valence-electron chi connectivity index (χ2n) is 7.30. The van der Waals surface area contributed by atoms with Crippen LogP contribution in [0.5, 0.6) is 0 Å². The topological polar surface area (TPSA) is 21.3 Å². The smallest absolute Gasteiger partial charge is 0.108 e. The second kappa shape index (κ2) is 8.51. The first kappa shape index (κ1) is 18.0. The van der Waals surface area contributed by atoms with Crippen molar-refractivity contribution in [3.63, 3.8) is 0 Å². The van der Waals surface area contributed by atoms with Crippen LogP contribution >= 0.6 is 0 Å². The van der Waals surface area contributed by atoms with Crippen molar-refractivity contribution < 1.29 is 4.74 Å². The van der Waals surface area contributed by atoms with Crippen LogP contribution in [0, 0.1) is 0 Å². The van der Waals surface area contributed by atoms with Gasteiger partial charge in [0.2, 0.25) is 0 Å². The molecule has 1 aliphatic rings. The average Bonchev–Trinajstić information content (AvgIpc) is 3.23. The van der Waals surface area contributed by atoms with E-state index in [0.717, 1.165) is 19.6 Å². The molecule has 0 spiro atoms. The summed E-state index contributed by atoms with van der Waals surface area (Å²) in [5, 5.41) is 3.76. The predicted molar refractivity (Wildman–Crippen MR) is 111 cm³/mol. The van der Waals surface area contributed by atoms with Gasteiger partial charge in [-0.2, -0.15) is 0 Å². The summed E-state index contributed by atoms with van der Waals surface area (Å²) < 4.78 is 6.48. The molecule has 2 nitrogen and oxygen atoms in total. The Morgan fingerprint density at radius 3 is 1.85 bits per heavy atom. The highest BCUT2D eigenvalue weighted by atomic mass is 16.5. The molecular formula is C25H27NO. The molecule has 4 rings (SSSR count). The second-order valence-corrected chi connectivity index (χ2v) is 7.30. The van der Waals surface area contributed by atoms with E-state index < -0.39 is 0 Å². The average molecular weight is 357 g/mol. The van der Waals surface area contributed by atoms with E-state index in [0.29, 0.717) is 0 Å². The molecule has 27 heavy (non-hydrogen) atoms. The first-order chi connectivity index (χ1) is 13.4. The van der Waals surface area contributed by atoms with Gasteiger partial charge in [-0.05, 0) is 42.5 Å². The van der Waals surface area contributed by atoms with Gasteiger partial charge in [-0.3, -0.25) is 0 Å². The highest BCUT2D eigenvalue weighted by Gasteiger charge is 2.35. The summed E-state index contributed by atoms with van der Waals surface area (Å²) in [4.78, 5) is 0. The molecule has 2 heteroatoms. The molecule has 0 radical (unpaired) electrons. The first-order valence-electron chi connectivity index (χ1n) is 9.89. The van der Waals surface area contributed by atoms with Crippen molar-refractivity contribution >= 4 is 0 Å². The Morgan fingerprint density at radius 1 is 0.778 bits per heavy atom. The number of ether oxygens (including phenoxy) is 1. The third kappa shape index (κ3) is 4.13. The standard InChI is InChI=1S/C25H27NO/c1-4-11-21(12-5-1)24(22-13-6-2-7-14-22)27-20-18-25(17-10-19-26-25)23-15-8-3-9-16-23/h1-9,11-16,24,26H,10,17-20H2. The summed E-state index contributed by atoms with van der Waals surface area (Å²) in [6.07, 6.45) is 3.34. The molecule has 138 valence electrons. The molecule has 3 aromatic carbocycles. The molecule has 0 aromatic heterocycles. The molecule has 0 amide bonds. The summed E-state index contributed by atoms with van der Waals surface area (Å²) in [5.74, 6) is 0. The van der Waals surface area contributed by atoms with Crippen molar-refractivity contribution in [3.8, 4) is 0 Å². The maximum atomic E-state index is 6.48. The molecule has 1 atom stereocenters. The van der Waals surface area contributed by atoms with E-state index in [-0.39, 0.29) is 11.6 Å². The van der Waals surface area contributed by atoms with E-state index in [2.05, 4.69) is 96.3 Å².